The highest BCUT2D eigenvalue weighted by molar-refractivity contribution is 5.77. The summed E-state index contributed by atoms with van der Waals surface area (Å²) in [5.74, 6) is -0.0820. The zero-order chi connectivity index (χ0) is 20.1. The Labute approximate surface area is 165 Å². The summed E-state index contributed by atoms with van der Waals surface area (Å²) in [6, 6.07) is 8.63. The number of carbonyl (C=O) groups excluding carboxylic acids is 1. The van der Waals surface area contributed by atoms with Crippen molar-refractivity contribution in [1.82, 2.24) is 14.7 Å². The first-order valence-electron chi connectivity index (χ1n) is 9.67. The molecule has 148 valence electrons. The van der Waals surface area contributed by atoms with Gasteiger partial charge in [0, 0.05) is 44.0 Å². The molecule has 1 saturated heterocycles. The molecule has 1 aliphatic rings. The lowest BCUT2D eigenvalue weighted by atomic mass is 10.1. The largest absolute Gasteiger partial charge is 0.368 e. The Morgan fingerprint density at radius 2 is 1.86 bits per heavy atom. The lowest BCUT2D eigenvalue weighted by molar-refractivity contribution is -0.131. The van der Waals surface area contributed by atoms with Gasteiger partial charge in [0.2, 0.25) is 5.91 Å². The van der Waals surface area contributed by atoms with Gasteiger partial charge in [-0.2, -0.15) is 10.4 Å². The third-order valence-corrected chi connectivity index (χ3v) is 5.38. The summed E-state index contributed by atoms with van der Waals surface area (Å²) < 4.78 is 14.9. The van der Waals surface area contributed by atoms with Crippen LogP contribution >= 0.6 is 0 Å². The molecule has 1 amide bonds. The number of aryl methyl sites for hydroxylation is 2. The molecule has 2 heterocycles. The minimum atomic E-state index is -0.237. The molecule has 7 heteroatoms. The Hall–Kier alpha value is -2.88. The summed E-state index contributed by atoms with van der Waals surface area (Å²) in [6.07, 6.45) is 1.56. The number of halogens is 1. The average Bonchev–Trinajstić information content (AvgIpc) is 2.98. The molecule has 28 heavy (non-hydrogen) atoms. The first kappa shape index (κ1) is 19.9. The monoisotopic (exact) mass is 383 g/mol. The van der Waals surface area contributed by atoms with E-state index in [0.717, 1.165) is 35.7 Å². The standard InChI is InChI=1S/C21H26FN5O/c1-16-20(17(2)27(24-16)11-3-10-23)8-9-21(28)26-14-12-25(13-15-26)19-6-4-18(22)5-7-19/h4-7H,3,8-9,11-15H2,1-2H3. The number of rotatable bonds is 6. The molecule has 0 saturated carbocycles. The van der Waals surface area contributed by atoms with Crippen LogP contribution in [0.1, 0.15) is 29.8 Å². The molecule has 0 spiro atoms. The number of benzene rings is 1. The number of anilines is 1. The van der Waals surface area contributed by atoms with E-state index in [0.29, 0.717) is 38.9 Å². The fourth-order valence-corrected chi connectivity index (χ4v) is 3.73. The van der Waals surface area contributed by atoms with Gasteiger partial charge in [-0.3, -0.25) is 9.48 Å². The van der Waals surface area contributed by atoms with E-state index in [4.69, 9.17) is 5.26 Å². The molecule has 0 aliphatic carbocycles. The predicted octanol–water partition coefficient (Wildman–Crippen LogP) is 2.83. The van der Waals surface area contributed by atoms with E-state index < -0.39 is 0 Å². The Bertz CT molecular complexity index is 860. The van der Waals surface area contributed by atoms with Crippen LogP contribution in [-0.2, 0) is 17.8 Å². The van der Waals surface area contributed by atoms with Crippen LogP contribution < -0.4 is 4.90 Å². The SMILES string of the molecule is Cc1nn(CCC#N)c(C)c1CCC(=O)N1CCN(c2ccc(F)cc2)CC1. The molecular formula is C21H26FN5O. The van der Waals surface area contributed by atoms with Gasteiger partial charge in [-0.15, -0.1) is 0 Å². The lowest BCUT2D eigenvalue weighted by Gasteiger charge is -2.36. The molecule has 1 aliphatic heterocycles. The fourth-order valence-electron chi connectivity index (χ4n) is 3.73. The number of hydrogen-bond acceptors (Lipinski definition) is 4. The molecule has 0 bridgehead atoms. The van der Waals surface area contributed by atoms with Crippen molar-refractivity contribution in [3.63, 3.8) is 0 Å². The van der Waals surface area contributed by atoms with Crippen LogP contribution in [0.5, 0.6) is 0 Å². The van der Waals surface area contributed by atoms with Crippen molar-refractivity contribution in [1.29, 1.82) is 5.26 Å². The number of amides is 1. The molecule has 3 rings (SSSR count). The normalized spacial score (nSPS) is 14.2. The van der Waals surface area contributed by atoms with Gasteiger partial charge in [0.05, 0.1) is 24.7 Å². The topological polar surface area (TPSA) is 65.2 Å². The Balaban J connectivity index is 1.52. The lowest BCUT2D eigenvalue weighted by Crippen LogP contribution is -2.48. The Morgan fingerprint density at radius 1 is 1.18 bits per heavy atom. The van der Waals surface area contributed by atoms with Crippen molar-refractivity contribution in [3.05, 3.63) is 47.0 Å². The summed E-state index contributed by atoms with van der Waals surface area (Å²) >= 11 is 0. The van der Waals surface area contributed by atoms with Crippen LogP contribution in [0.3, 0.4) is 0 Å². The van der Waals surface area contributed by atoms with Gasteiger partial charge >= 0.3 is 0 Å². The van der Waals surface area contributed by atoms with Gasteiger partial charge in [0.25, 0.3) is 0 Å². The molecule has 0 unspecified atom stereocenters. The van der Waals surface area contributed by atoms with Gasteiger partial charge in [0.15, 0.2) is 0 Å². The summed E-state index contributed by atoms with van der Waals surface area (Å²) in [5, 5.41) is 13.3. The van der Waals surface area contributed by atoms with Gasteiger partial charge in [0.1, 0.15) is 5.82 Å². The molecule has 0 atom stereocenters. The van der Waals surface area contributed by atoms with Crippen LogP contribution in [0.25, 0.3) is 0 Å². The van der Waals surface area contributed by atoms with Crippen molar-refractivity contribution in [2.75, 3.05) is 31.1 Å². The molecule has 1 aromatic carbocycles. The van der Waals surface area contributed by atoms with Crippen LogP contribution in [0.15, 0.2) is 24.3 Å². The van der Waals surface area contributed by atoms with Gasteiger partial charge < -0.3 is 9.80 Å². The van der Waals surface area contributed by atoms with Crippen LogP contribution in [-0.4, -0.2) is 46.8 Å². The Kier molecular flexibility index (Phi) is 6.30. The van der Waals surface area contributed by atoms with Gasteiger partial charge in [-0.05, 0) is 50.1 Å². The van der Waals surface area contributed by atoms with Crippen LogP contribution in [0, 0.1) is 31.0 Å². The molecule has 1 fully saturated rings. The Morgan fingerprint density at radius 3 is 2.50 bits per heavy atom. The van der Waals surface area contributed by atoms with Crippen molar-refractivity contribution in [3.8, 4) is 6.07 Å². The minimum Gasteiger partial charge on any atom is -0.368 e. The van der Waals surface area contributed by atoms with Gasteiger partial charge in [-0.1, -0.05) is 0 Å². The summed E-state index contributed by atoms with van der Waals surface area (Å²) in [6.45, 7) is 7.40. The van der Waals surface area contributed by atoms with Crippen molar-refractivity contribution < 1.29 is 9.18 Å². The average molecular weight is 383 g/mol. The van der Waals surface area contributed by atoms with Crippen LogP contribution in [0.2, 0.25) is 0 Å². The van der Waals surface area contributed by atoms with E-state index in [9.17, 15) is 9.18 Å². The number of aromatic nitrogens is 2. The number of nitriles is 1. The zero-order valence-electron chi connectivity index (χ0n) is 16.5. The maximum absolute atomic E-state index is 13.1. The first-order chi connectivity index (χ1) is 13.5. The highest BCUT2D eigenvalue weighted by Crippen LogP contribution is 2.19. The maximum Gasteiger partial charge on any atom is 0.223 e. The highest BCUT2D eigenvalue weighted by atomic mass is 19.1. The molecule has 2 aromatic rings. The van der Waals surface area contributed by atoms with Crippen molar-refractivity contribution >= 4 is 11.6 Å². The fraction of sp³-hybridized carbons (Fsp3) is 0.476. The van der Waals surface area contributed by atoms with Crippen LogP contribution in [0.4, 0.5) is 10.1 Å². The second-order valence-corrected chi connectivity index (χ2v) is 7.12. The predicted molar refractivity (Wildman–Crippen MR) is 105 cm³/mol. The molecule has 1 aromatic heterocycles. The summed E-state index contributed by atoms with van der Waals surface area (Å²) in [5.41, 5.74) is 4.08. The van der Waals surface area contributed by atoms with E-state index >= 15 is 0 Å². The number of hydrogen-bond donors (Lipinski definition) is 0. The van der Waals surface area contributed by atoms with E-state index in [2.05, 4.69) is 16.1 Å². The quantitative estimate of drug-likeness (QED) is 0.769. The first-order valence-corrected chi connectivity index (χ1v) is 9.67. The summed E-state index contributed by atoms with van der Waals surface area (Å²) in [4.78, 5) is 16.7. The summed E-state index contributed by atoms with van der Waals surface area (Å²) in [7, 11) is 0. The highest BCUT2D eigenvalue weighted by Gasteiger charge is 2.22. The van der Waals surface area contributed by atoms with E-state index in [-0.39, 0.29) is 11.7 Å². The molecular weight excluding hydrogens is 357 g/mol. The molecule has 6 nitrogen and oxygen atoms in total. The number of carbonyl (C=O) groups is 1. The minimum absolute atomic E-state index is 0.155. The van der Waals surface area contributed by atoms with E-state index in [1.54, 1.807) is 12.1 Å². The third-order valence-electron chi connectivity index (χ3n) is 5.38. The van der Waals surface area contributed by atoms with Gasteiger partial charge in [-0.25, -0.2) is 4.39 Å². The third kappa shape index (κ3) is 4.50. The maximum atomic E-state index is 13.1. The zero-order valence-corrected chi connectivity index (χ0v) is 16.5. The molecule has 0 N–H and O–H groups in total. The van der Waals surface area contributed by atoms with Crippen molar-refractivity contribution in [2.24, 2.45) is 0 Å². The molecule has 0 radical (unpaired) electrons. The van der Waals surface area contributed by atoms with E-state index in [1.807, 2.05) is 23.4 Å². The second-order valence-electron chi connectivity index (χ2n) is 7.12. The number of piperazine rings is 1. The number of nitrogens with zero attached hydrogens (tertiary/aromatic N) is 5. The van der Waals surface area contributed by atoms with Crippen molar-refractivity contribution in [2.45, 2.75) is 39.7 Å². The smallest absolute Gasteiger partial charge is 0.223 e. The second kappa shape index (κ2) is 8.87. The van der Waals surface area contributed by atoms with E-state index in [1.165, 1.54) is 12.1 Å².